The number of benzene rings is 1. The molecule has 4 atom stereocenters. The van der Waals surface area contributed by atoms with Crippen LogP contribution in [0.5, 0.6) is 5.75 Å². The summed E-state index contributed by atoms with van der Waals surface area (Å²) >= 11 is 0. The fourth-order valence-corrected chi connectivity index (χ4v) is 5.29. The van der Waals surface area contributed by atoms with Gasteiger partial charge in [-0.2, -0.15) is 8.78 Å². The monoisotopic (exact) mass is 462 g/mol. The van der Waals surface area contributed by atoms with Crippen molar-refractivity contribution in [2.75, 3.05) is 14.1 Å². The quantitative estimate of drug-likeness (QED) is 0.407. The van der Waals surface area contributed by atoms with Crippen LogP contribution in [0.1, 0.15) is 17.5 Å². The van der Waals surface area contributed by atoms with Crippen molar-refractivity contribution in [2.24, 2.45) is 17.6 Å². The molecule has 1 saturated carbocycles. The Labute approximate surface area is 185 Å². The minimum Gasteiger partial charge on any atom is -0.508 e. The summed E-state index contributed by atoms with van der Waals surface area (Å²) in [5.41, 5.74) is -0.625. The number of ketones is 2. The first-order valence-corrected chi connectivity index (χ1v) is 9.87. The van der Waals surface area contributed by atoms with Crippen LogP contribution in [0.4, 0.5) is 8.78 Å². The molecule has 174 valence electrons. The summed E-state index contributed by atoms with van der Waals surface area (Å²) in [6.45, 7) is 0. The lowest BCUT2D eigenvalue weighted by atomic mass is 9.56. The zero-order chi connectivity index (χ0) is 24.6. The van der Waals surface area contributed by atoms with Gasteiger partial charge in [-0.25, -0.2) is 0 Å². The molecular weight excluding hydrogens is 442 g/mol. The molecule has 11 heteroatoms. The third-order valence-electron chi connectivity index (χ3n) is 6.64. The molecule has 0 radical (unpaired) electrons. The fraction of sp³-hybridized carbons (Fsp3) is 0.318. The second kappa shape index (κ2) is 7.22. The highest BCUT2D eigenvalue weighted by Gasteiger charge is 2.65. The molecule has 3 aliphatic rings. The molecule has 0 aromatic heterocycles. The largest absolute Gasteiger partial charge is 0.508 e. The first kappa shape index (κ1) is 22.6. The molecule has 33 heavy (non-hydrogen) atoms. The molecule has 0 saturated heterocycles. The molecule has 1 fully saturated rings. The Morgan fingerprint density at radius 2 is 1.82 bits per heavy atom. The van der Waals surface area contributed by atoms with Crippen molar-refractivity contribution in [3.8, 4) is 5.75 Å². The highest BCUT2D eigenvalue weighted by Crippen LogP contribution is 2.56. The Morgan fingerprint density at radius 1 is 1.18 bits per heavy atom. The van der Waals surface area contributed by atoms with Crippen LogP contribution in [0.15, 0.2) is 41.2 Å². The molecule has 3 aliphatic carbocycles. The topological polar surface area (TPSA) is 161 Å². The number of primary amides is 1. The van der Waals surface area contributed by atoms with Crippen LogP contribution < -0.4 is 5.73 Å². The number of allylic oxidation sites excluding steroid dienone is 1. The Hall–Kier alpha value is -3.57. The van der Waals surface area contributed by atoms with Gasteiger partial charge in [-0.3, -0.25) is 19.3 Å². The average molecular weight is 462 g/mol. The summed E-state index contributed by atoms with van der Waals surface area (Å²) in [4.78, 5) is 39.7. The van der Waals surface area contributed by atoms with Gasteiger partial charge in [-0.1, -0.05) is 12.1 Å². The summed E-state index contributed by atoms with van der Waals surface area (Å²) in [6.07, 6.45) is -2.65. The van der Waals surface area contributed by atoms with Crippen LogP contribution in [0.2, 0.25) is 0 Å². The first-order chi connectivity index (χ1) is 15.3. The van der Waals surface area contributed by atoms with E-state index in [2.05, 4.69) is 0 Å². The van der Waals surface area contributed by atoms with Crippen molar-refractivity contribution in [3.63, 3.8) is 0 Å². The van der Waals surface area contributed by atoms with Crippen molar-refractivity contribution in [1.29, 1.82) is 0 Å². The predicted octanol–water partition coefficient (Wildman–Crippen LogP) is 1.03. The van der Waals surface area contributed by atoms with Crippen molar-refractivity contribution in [1.82, 2.24) is 4.90 Å². The Kier molecular flexibility index (Phi) is 4.95. The minimum atomic E-state index is -2.90. The molecule has 1 aromatic rings. The lowest BCUT2D eigenvalue weighted by Gasteiger charge is -2.50. The maximum Gasteiger partial charge on any atom is 0.274 e. The minimum absolute atomic E-state index is 0.208. The number of nitrogens with two attached hydrogens (primary N) is 1. The van der Waals surface area contributed by atoms with Gasteiger partial charge >= 0.3 is 0 Å². The van der Waals surface area contributed by atoms with E-state index in [1.807, 2.05) is 0 Å². The highest BCUT2D eigenvalue weighted by molar-refractivity contribution is 6.25. The van der Waals surface area contributed by atoms with E-state index in [1.165, 1.54) is 31.1 Å². The van der Waals surface area contributed by atoms with Crippen molar-refractivity contribution >= 4 is 28.8 Å². The molecule has 1 aromatic carbocycles. The van der Waals surface area contributed by atoms with E-state index < -0.39 is 93.0 Å². The summed E-state index contributed by atoms with van der Waals surface area (Å²) in [6, 6.07) is 2.28. The molecule has 0 spiro atoms. The number of fused-ring (bicyclic) bond motifs is 3. The summed E-state index contributed by atoms with van der Waals surface area (Å²) in [7, 11) is 2.83. The number of Topliss-reactive ketones (excluding diaryl/α,β-unsaturated/α-hetero) is 2. The molecule has 1 amide bonds. The normalized spacial score (nSPS) is 29.2. The number of nitrogens with zero attached hydrogens (tertiary/aromatic N) is 1. The summed E-state index contributed by atoms with van der Waals surface area (Å²) in [5.74, 6) is -9.35. The number of aliphatic hydroxyl groups is 3. The van der Waals surface area contributed by atoms with Gasteiger partial charge in [-0.05, 0) is 32.1 Å². The molecule has 0 unspecified atom stereocenters. The molecule has 6 N–H and O–H groups in total. The predicted molar refractivity (Wildman–Crippen MR) is 110 cm³/mol. The van der Waals surface area contributed by atoms with E-state index in [4.69, 9.17) is 5.73 Å². The molecule has 0 bridgehead atoms. The van der Waals surface area contributed by atoms with E-state index in [0.717, 1.165) is 6.07 Å². The fourth-order valence-electron chi connectivity index (χ4n) is 5.29. The zero-order valence-corrected chi connectivity index (χ0v) is 17.5. The molecule has 4 rings (SSSR count). The lowest BCUT2D eigenvalue weighted by molar-refractivity contribution is -0.152. The third-order valence-corrected chi connectivity index (χ3v) is 6.64. The number of amides is 1. The van der Waals surface area contributed by atoms with Crippen LogP contribution in [-0.4, -0.2) is 68.5 Å². The number of hydrogen-bond acceptors (Lipinski definition) is 8. The molecule has 0 heterocycles. The number of halogens is 2. The number of hydrogen-bond donors (Lipinski definition) is 5. The Bertz CT molecular complexity index is 1230. The highest BCUT2D eigenvalue weighted by atomic mass is 19.3. The van der Waals surface area contributed by atoms with E-state index in [-0.39, 0.29) is 5.56 Å². The Balaban J connectivity index is 2.08. The van der Waals surface area contributed by atoms with Crippen molar-refractivity contribution < 1.29 is 43.6 Å². The average Bonchev–Trinajstić information content (AvgIpc) is 2.70. The van der Waals surface area contributed by atoms with Gasteiger partial charge in [-0.15, -0.1) is 0 Å². The smallest absolute Gasteiger partial charge is 0.274 e. The number of likely N-dealkylation sites (N-methyl/N-ethyl adjacent to an activating group) is 1. The van der Waals surface area contributed by atoms with Gasteiger partial charge in [0, 0.05) is 23.0 Å². The van der Waals surface area contributed by atoms with E-state index in [1.54, 1.807) is 0 Å². The number of aromatic hydroxyl groups is 1. The maximum atomic E-state index is 14.2. The van der Waals surface area contributed by atoms with Gasteiger partial charge in [0.1, 0.15) is 22.8 Å². The first-order valence-electron chi connectivity index (χ1n) is 9.87. The van der Waals surface area contributed by atoms with Crippen LogP contribution in [0.25, 0.3) is 11.3 Å². The maximum absolute atomic E-state index is 14.2. The number of carbonyl (C=O) groups excluding carboxylic acids is 3. The van der Waals surface area contributed by atoms with Gasteiger partial charge in [0.25, 0.3) is 12.0 Å². The number of rotatable bonds is 2. The zero-order valence-electron chi connectivity index (χ0n) is 17.5. The van der Waals surface area contributed by atoms with E-state index in [0.29, 0.717) is 0 Å². The van der Waals surface area contributed by atoms with E-state index in [9.17, 15) is 43.6 Å². The van der Waals surface area contributed by atoms with Gasteiger partial charge < -0.3 is 26.2 Å². The Morgan fingerprint density at radius 3 is 2.36 bits per heavy atom. The number of phenols is 1. The second-order valence-corrected chi connectivity index (χ2v) is 8.49. The van der Waals surface area contributed by atoms with Crippen LogP contribution in [0, 0.1) is 11.8 Å². The number of aliphatic hydroxyl groups excluding tert-OH is 2. The summed E-state index contributed by atoms with van der Waals surface area (Å²) in [5, 5.41) is 43.2. The van der Waals surface area contributed by atoms with Crippen LogP contribution in [-0.2, 0) is 14.4 Å². The number of phenolic OH excluding ortho intramolecular Hbond substituents is 1. The van der Waals surface area contributed by atoms with E-state index >= 15 is 0 Å². The van der Waals surface area contributed by atoms with Crippen molar-refractivity contribution in [3.05, 3.63) is 52.3 Å². The number of carbonyl (C=O) groups is 3. The molecule has 9 nitrogen and oxygen atoms in total. The van der Waals surface area contributed by atoms with Gasteiger partial charge in [0.05, 0.1) is 11.6 Å². The summed E-state index contributed by atoms with van der Waals surface area (Å²) < 4.78 is 28.4. The SMILES string of the molecule is CN(C)[C@@H]1C(=O)C(C(N)=O)=C(O)[C@@]2(O)C(=O)C3=C(O)c4c(O)cccc4C(=C(F)F)[C@H]3C[C@@H]12. The lowest BCUT2D eigenvalue weighted by Crippen LogP contribution is -2.65. The molecular formula is C22H20F2N2O7. The van der Waals surface area contributed by atoms with Crippen LogP contribution in [0.3, 0.4) is 0 Å². The standard InChI is InChI=1S/C22H20F2N2O7/c1-26(2)15-9-6-8-11(20(23)24)7-4-3-5-10(27)12(7)16(28)13(8)18(30)22(9,33)19(31)14(17(15)29)21(25)32/h3-5,8-9,15,27-28,31,33H,6H2,1-2H3,(H2,25,32)/t8-,9+,15+,22+/m1/s1. The second-order valence-electron chi connectivity index (χ2n) is 8.49. The van der Waals surface area contributed by atoms with Gasteiger partial charge in [0.2, 0.25) is 5.78 Å². The molecule has 0 aliphatic heterocycles. The van der Waals surface area contributed by atoms with Crippen LogP contribution >= 0.6 is 0 Å². The van der Waals surface area contributed by atoms with Gasteiger partial charge in [0.15, 0.2) is 11.4 Å². The van der Waals surface area contributed by atoms with Crippen molar-refractivity contribution in [2.45, 2.75) is 18.1 Å². The third kappa shape index (κ3) is 2.79.